The normalized spacial score (nSPS) is 26.3. The highest BCUT2D eigenvalue weighted by Crippen LogP contribution is 2.47. The average molecular weight is 475 g/mol. The average Bonchev–Trinajstić information content (AvgIpc) is 3.34. The van der Waals surface area contributed by atoms with Crippen molar-refractivity contribution in [2.45, 2.75) is 96.6 Å². The van der Waals surface area contributed by atoms with Gasteiger partial charge in [-0.2, -0.15) is 5.10 Å². The number of anilines is 1. The number of unbranched alkanes of at least 4 members (excludes halogenated alkanes) is 3. The van der Waals surface area contributed by atoms with Crippen molar-refractivity contribution in [3.8, 4) is 0 Å². The lowest BCUT2D eigenvalue weighted by atomic mass is 9.90. The summed E-state index contributed by atoms with van der Waals surface area (Å²) in [5, 5.41) is 8.02. The number of ether oxygens (including phenoxy) is 4. The van der Waals surface area contributed by atoms with E-state index in [2.05, 4.69) is 49.2 Å². The molecule has 8 nitrogen and oxygen atoms in total. The Hall–Kier alpha value is -1.74. The van der Waals surface area contributed by atoms with Gasteiger partial charge in [-0.25, -0.2) is 9.50 Å². The first-order chi connectivity index (χ1) is 16.6. The van der Waals surface area contributed by atoms with E-state index in [0.717, 1.165) is 75.1 Å². The van der Waals surface area contributed by atoms with Crippen LogP contribution in [-0.4, -0.2) is 65.4 Å². The van der Waals surface area contributed by atoms with E-state index in [-0.39, 0.29) is 18.3 Å². The monoisotopic (exact) mass is 474 g/mol. The molecule has 1 fully saturated rings. The summed E-state index contributed by atoms with van der Waals surface area (Å²) in [4.78, 5) is 4.45. The summed E-state index contributed by atoms with van der Waals surface area (Å²) in [6, 6.07) is 2.23. The van der Waals surface area contributed by atoms with Crippen molar-refractivity contribution in [1.82, 2.24) is 14.6 Å². The molecule has 8 heteroatoms. The lowest BCUT2D eigenvalue weighted by Gasteiger charge is -2.35. The highest BCUT2D eigenvalue weighted by atomic mass is 16.6. The fourth-order valence-corrected chi connectivity index (χ4v) is 5.03. The molecule has 34 heavy (non-hydrogen) atoms. The molecule has 0 aromatic carbocycles. The van der Waals surface area contributed by atoms with E-state index >= 15 is 0 Å². The Labute approximate surface area is 203 Å². The summed E-state index contributed by atoms with van der Waals surface area (Å²) in [6.07, 6.45) is 8.12. The van der Waals surface area contributed by atoms with Crippen LogP contribution in [0, 0.1) is 0 Å². The van der Waals surface area contributed by atoms with Crippen LogP contribution in [0.25, 0.3) is 5.52 Å². The Morgan fingerprint density at radius 2 is 1.88 bits per heavy atom. The molecule has 2 aromatic rings. The van der Waals surface area contributed by atoms with Gasteiger partial charge in [0.15, 0.2) is 5.82 Å². The lowest BCUT2D eigenvalue weighted by Crippen LogP contribution is -2.48. The molecule has 1 saturated heterocycles. The number of nitrogens with zero attached hydrogens (tertiary/aromatic N) is 3. The molecule has 0 radical (unpaired) electrons. The molecule has 0 amide bonds. The van der Waals surface area contributed by atoms with E-state index in [1.807, 2.05) is 4.52 Å². The highest BCUT2D eigenvalue weighted by Gasteiger charge is 2.57. The van der Waals surface area contributed by atoms with E-state index in [1.165, 1.54) is 5.56 Å². The van der Waals surface area contributed by atoms with Gasteiger partial charge >= 0.3 is 0 Å². The maximum atomic E-state index is 6.77. The van der Waals surface area contributed by atoms with Crippen LogP contribution in [0.4, 0.5) is 5.82 Å². The topological polar surface area (TPSA) is 79.1 Å². The van der Waals surface area contributed by atoms with E-state index in [1.54, 1.807) is 6.33 Å². The first-order valence-electron chi connectivity index (χ1n) is 13.2. The summed E-state index contributed by atoms with van der Waals surface area (Å²) in [7, 11) is 0. The van der Waals surface area contributed by atoms with Gasteiger partial charge in [0.1, 0.15) is 35.8 Å². The first kappa shape index (κ1) is 25.4. The Balaban J connectivity index is 1.69. The highest BCUT2D eigenvalue weighted by molar-refractivity contribution is 5.75. The molecule has 2 aliphatic rings. The van der Waals surface area contributed by atoms with Crippen LogP contribution in [0.15, 0.2) is 12.4 Å². The number of hydrogen-bond acceptors (Lipinski definition) is 7. The predicted octanol–water partition coefficient (Wildman–Crippen LogP) is 4.71. The molecule has 2 aromatic heterocycles. The maximum Gasteiger partial charge on any atom is 0.154 e. The lowest BCUT2D eigenvalue weighted by molar-refractivity contribution is -0.138. The second kappa shape index (κ2) is 11.8. The second-order valence-electron chi connectivity index (χ2n) is 9.65. The van der Waals surface area contributed by atoms with E-state index < -0.39 is 5.60 Å². The Bertz CT molecular complexity index is 920. The molecule has 4 rings (SSSR count). The Kier molecular flexibility index (Phi) is 8.80. The van der Waals surface area contributed by atoms with Crippen molar-refractivity contribution in [3.63, 3.8) is 0 Å². The van der Waals surface area contributed by atoms with Gasteiger partial charge in [0.05, 0.1) is 12.3 Å². The van der Waals surface area contributed by atoms with Crippen molar-refractivity contribution in [2.24, 2.45) is 0 Å². The largest absolute Gasteiger partial charge is 0.379 e. The maximum absolute atomic E-state index is 6.77. The van der Waals surface area contributed by atoms with Crippen LogP contribution >= 0.6 is 0 Å². The van der Waals surface area contributed by atoms with Crippen molar-refractivity contribution < 1.29 is 18.9 Å². The minimum absolute atomic E-state index is 0.205. The molecular weight excluding hydrogens is 432 g/mol. The molecule has 0 saturated carbocycles. The van der Waals surface area contributed by atoms with Gasteiger partial charge < -0.3 is 24.3 Å². The summed E-state index contributed by atoms with van der Waals surface area (Å²) in [6.45, 7) is 12.1. The third kappa shape index (κ3) is 5.10. The molecular formula is C26H42N4O4. The zero-order valence-corrected chi connectivity index (χ0v) is 21.3. The van der Waals surface area contributed by atoms with Crippen LogP contribution in [0.5, 0.6) is 0 Å². The number of hydrogen-bond donors (Lipinski definition) is 1. The van der Waals surface area contributed by atoms with Crippen molar-refractivity contribution in [1.29, 1.82) is 0 Å². The summed E-state index contributed by atoms with van der Waals surface area (Å²) < 4.78 is 28.0. The molecule has 2 aliphatic heterocycles. The molecule has 0 spiro atoms. The summed E-state index contributed by atoms with van der Waals surface area (Å²) in [5.74, 6) is 0.879. The smallest absolute Gasteiger partial charge is 0.154 e. The number of aromatic nitrogens is 3. The fraction of sp³-hybridized carbons (Fsp3) is 0.769. The SMILES string of the molecule is CCCCOC[C@H]1O[C@@H](c2cc3c4c(ncnn24)NCC3)[C@](C)(OCCCC)[C@@H]1OCCCC. The van der Waals surface area contributed by atoms with Gasteiger partial charge in [0, 0.05) is 26.4 Å². The van der Waals surface area contributed by atoms with Crippen LogP contribution in [0.2, 0.25) is 0 Å². The zero-order chi connectivity index (χ0) is 24.0. The Morgan fingerprint density at radius 1 is 1.12 bits per heavy atom. The van der Waals surface area contributed by atoms with Crippen molar-refractivity contribution >= 4 is 11.3 Å². The quantitative estimate of drug-likeness (QED) is 0.397. The molecule has 190 valence electrons. The second-order valence-corrected chi connectivity index (χ2v) is 9.65. The summed E-state index contributed by atoms with van der Waals surface area (Å²) in [5.41, 5.74) is 2.63. The molecule has 0 bridgehead atoms. The Morgan fingerprint density at radius 3 is 2.68 bits per heavy atom. The van der Waals surface area contributed by atoms with Gasteiger partial charge in [0.25, 0.3) is 0 Å². The minimum Gasteiger partial charge on any atom is -0.379 e. The van der Waals surface area contributed by atoms with Crippen LogP contribution in [0.3, 0.4) is 0 Å². The predicted molar refractivity (Wildman–Crippen MR) is 132 cm³/mol. The number of rotatable bonds is 14. The fourth-order valence-electron chi connectivity index (χ4n) is 5.03. The van der Waals surface area contributed by atoms with Gasteiger partial charge in [0.2, 0.25) is 0 Å². The van der Waals surface area contributed by atoms with Gasteiger partial charge in [-0.3, -0.25) is 0 Å². The standard InChI is InChI=1S/C26H42N4O4/c1-5-8-13-31-17-21-24(32-14-9-6-2)26(4,33-15-10-7-3)23(34-21)20-16-19-11-12-27-25-22(19)30(20)29-18-28-25/h16,18,21,23-24H,5-15,17H2,1-4H3,(H,27,28,29)/t21-,23+,24-,26+/m1/s1. The van der Waals surface area contributed by atoms with E-state index in [4.69, 9.17) is 18.9 Å². The molecule has 4 atom stereocenters. The zero-order valence-electron chi connectivity index (χ0n) is 21.3. The third-order valence-electron chi connectivity index (χ3n) is 6.98. The summed E-state index contributed by atoms with van der Waals surface area (Å²) >= 11 is 0. The van der Waals surface area contributed by atoms with Crippen molar-refractivity contribution in [2.75, 3.05) is 38.3 Å². The first-order valence-corrected chi connectivity index (χ1v) is 13.2. The number of nitrogens with one attached hydrogen (secondary N) is 1. The van der Waals surface area contributed by atoms with Crippen LogP contribution in [0.1, 0.15) is 83.6 Å². The third-order valence-corrected chi connectivity index (χ3v) is 6.98. The minimum atomic E-state index is -0.653. The van der Waals surface area contributed by atoms with E-state index in [0.29, 0.717) is 19.8 Å². The molecule has 1 N–H and O–H groups in total. The van der Waals surface area contributed by atoms with Gasteiger partial charge in [-0.1, -0.05) is 40.0 Å². The van der Waals surface area contributed by atoms with Crippen molar-refractivity contribution in [3.05, 3.63) is 23.7 Å². The van der Waals surface area contributed by atoms with Crippen LogP contribution in [-0.2, 0) is 25.4 Å². The molecule has 0 aliphatic carbocycles. The van der Waals surface area contributed by atoms with Gasteiger partial charge in [-0.15, -0.1) is 0 Å². The van der Waals surface area contributed by atoms with Crippen LogP contribution < -0.4 is 5.32 Å². The van der Waals surface area contributed by atoms with Gasteiger partial charge in [-0.05, 0) is 44.2 Å². The van der Waals surface area contributed by atoms with E-state index in [9.17, 15) is 0 Å². The molecule has 0 unspecified atom stereocenters. The molecule has 4 heterocycles.